The lowest BCUT2D eigenvalue weighted by atomic mass is 9.95. The number of hydrogen-bond acceptors (Lipinski definition) is 2. The van der Waals surface area contributed by atoms with E-state index in [2.05, 4.69) is 29.8 Å². The fourth-order valence-corrected chi connectivity index (χ4v) is 1.83. The van der Waals surface area contributed by atoms with E-state index in [1.54, 1.807) is 0 Å². The predicted octanol–water partition coefficient (Wildman–Crippen LogP) is 2.30. The second kappa shape index (κ2) is 6.22. The lowest BCUT2D eigenvalue weighted by molar-refractivity contribution is 0.0450. The Hall–Kier alpha value is -0.800. The Morgan fingerprint density at radius 2 is 2.18 bits per heavy atom. The van der Waals surface area contributed by atoms with Crippen molar-refractivity contribution in [1.29, 1.82) is 0 Å². The van der Waals surface area contributed by atoms with Crippen molar-refractivity contribution in [2.24, 2.45) is 13.0 Å². The minimum Gasteiger partial charge on any atom is -0.389 e. The van der Waals surface area contributed by atoms with Crippen LogP contribution in [-0.4, -0.2) is 21.8 Å². The van der Waals surface area contributed by atoms with Crippen LogP contribution in [0.2, 0.25) is 0 Å². The fourth-order valence-electron chi connectivity index (χ4n) is 1.83. The van der Waals surface area contributed by atoms with E-state index in [0.717, 1.165) is 19.4 Å². The molecule has 1 unspecified atom stereocenters. The molecule has 1 aromatic rings. The predicted molar refractivity (Wildman–Crippen MR) is 71.8 cm³/mol. The molecule has 17 heavy (non-hydrogen) atoms. The van der Waals surface area contributed by atoms with Crippen molar-refractivity contribution in [2.45, 2.75) is 45.8 Å². The second-order valence-electron chi connectivity index (χ2n) is 5.64. The largest absolute Gasteiger partial charge is 0.389 e. The molecule has 0 aliphatic heterocycles. The van der Waals surface area contributed by atoms with Crippen LogP contribution in [0.25, 0.3) is 0 Å². The van der Waals surface area contributed by atoms with Crippen LogP contribution in [0.3, 0.4) is 0 Å². The van der Waals surface area contributed by atoms with Crippen molar-refractivity contribution < 1.29 is 5.11 Å². The van der Waals surface area contributed by atoms with Crippen LogP contribution in [-0.2, 0) is 13.6 Å². The molecule has 98 valence electrons. The molecule has 0 bridgehead atoms. The third-order valence-corrected chi connectivity index (χ3v) is 3.12. The summed E-state index contributed by atoms with van der Waals surface area (Å²) in [5, 5.41) is 13.5. The van der Waals surface area contributed by atoms with Gasteiger partial charge in [-0.15, -0.1) is 0 Å². The van der Waals surface area contributed by atoms with E-state index in [4.69, 9.17) is 0 Å². The van der Waals surface area contributed by atoms with Gasteiger partial charge >= 0.3 is 0 Å². The molecular formula is C14H26N2O. The molecule has 2 N–H and O–H groups in total. The summed E-state index contributed by atoms with van der Waals surface area (Å²) in [5.41, 5.74) is 0.639. The maximum absolute atomic E-state index is 10.2. The molecule has 0 amide bonds. The van der Waals surface area contributed by atoms with Gasteiger partial charge in [0.2, 0.25) is 0 Å². The summed E-state index contributed by atoms with van der Waals surface area (Å²) in [6.45, 7) is 7.74. The Bertz CT molecular complexity index is 329. The van der Waals surface area contributed by atoms with Crippen LogP contribution < -0.4 is 5.32 Å². The summed E-state index contributed by atoms with van der Waals surface area (Å²) in [6, 6.07) is 4.13. The van der Waals surface area contributed by atoms with Crippen LogP contribution in [0.4, 0.5) is 0 Å². The third-order valence-electron chi connectivity index (χ3n) is 3.12. The lowest BCUT2D eigenvalue weighted by Gasteiger charge is -2.24. The third kappa shape index (κ3) is 5.37. The summed E-state index contributed by atoms with van der Waals surface area (Å²) in [4.78, 5) is 0. The molecule has 0 spiro atoms. The average Bonchev–Trinajstić information content (AvgIpc) is 2.62. The van der Waals surface area contributed by atoms with Crippen LogP contribution in [0.5, 0.6) is 0 Å². The molecule has 0 radical (unpaired) electrons. The number of nitrogens with one attached hydrogen (secondary N) is 1. The van der Waals surface area contributed by atoms with Gasteiger partial charge in [-0.25, -0.2) is 0 Å². The van der Waals surface area contributed by atoms with Gasteiger partial charge in [0, 0.05) is 32.0 Å². The Morgan fingerprint density at radius 3 is 2.71 bits per heavy atom. The monoisotopic (exact) mass is 238 g/mol. The van der Waals surface area contributed by atoms with E-state index < -0.39 is 5.60 Å². The van der Waals surface area contributed by atoms with E-state index in [-0.39, 0.29) is 0 Å². The normalized spacial score (nSPS) is 15.2. The fraction of sp³-hybridized carbons (Fsp3) is 0.714. The average molecular weight is 238 g/mol. The number of rotatable bonds is 7. The van der Waals surface area contributed by atoms with Crippen LogP contribution >= 0.6 is 0 Å². The van der Waals surface area contributed by atoms with Gasteiger partial charge in [0.15, 0.2) is 0 Å². The van der Waals surface area contributed by atoms with E-state index >= 15 is 0 Å². The van der Waals surface area contributed by atoms with E-state index in [9.17, 15) is 5.11 Å². The Balaban J connectivity index is 2.27. The van der Waals surface area contributed by atoms with Crippen molar-refractivity contribution in [2.75, 3.05) is 6.54 Å². The van der Waals surface area contributed by atoms with Gasteiger partial charge in [-0.3, -0.25) is 0 Å². The van der Waals surface area contributed by atoms with Gasteiger partial charge in [0.05, 0.1) is 5.60 Å². The highest BCUT2D eigenvalue weighted by atomic mass is 16.3. The first-order valence-corrected chi connectivity index (χ1v) is 6.44. The van der Waals surface area contributed by atoms with Crippen molar-refractivity contribution in [3.8, 4) is 0 Å². The quantitative estimate of drug-likeness (QED) is 0.765. The smallest absolute Gasteiger partial charge is 0.0743 e. The van der Waals surface area contributed by atoms with Gasteiger partial charge in [0.25, 0.3) is 0 Å². The van der Waals surface area contributed by atoms with Crippen molar-refractivity contribution in [1.82, 2.24) is 9.88 Å². The maximum Gasteiger partial charge on any atom is 0.0743 e. The zero-order valence-corrected chi connectivity index (χ0v) is 11.5. The van der Waals surface area contributed by atoms with Crippen LogP contribution in [0.1, 0.15) is 39.3 Å². The summed E-state index contributed by atoms with van der Waals surface area (Å²) in [6.07, 6.45) is 3.96. The summed E-state index contributed by atoms with van der Waals surface area (Å²) in [7, 11) is 2.04. The second-order valence-corrected chi connectivity index (χ2v) is 5.64. The Morgan fingerprint density at radius 1 is 1.47 bits per heavy atom. The first kappa shape index (κ1) is 14.3. The molecule has 0 aliphatic rings. The topological polar surface area (TPSA) is 37.2 Å². The minimum absolute atomic E-state index is 0.602. The molecule has 1 atom stereocenters. The van der Waals surface area contributed by atoms with Gasteiger partial charge in [-0.2, -0.15) is 0 Å². The first-order chi connectivity index (χ1) is 7.91. The molecule has 1 aromatic heterocycles. The van der Waals surface area contributed by atoms with Crippen LogP contribution in [0.15, 0.2) is 18.3 Å². The molecule has 0 saturated carbocycles. The molecule has 1 rings (SSSR count). The minimum atomic E-state index is -0.602. The van der Waals surface area contributed by atoms with Gasteiger partial charge in [0.1, 0.15) is 0 Å². The number of hydrogen-bond donors (Lipinski definition) is 2. The highest BCUT2D eigenvalue weighted by molar-refractivity contribution is 5.06. The Kier molecular flexibility index (Phi) is 5.22. The van der Waals surface area contributed by atoms with E-state index in [1.165, 1.54) is 5.69 Å². The van der Waals surface area contributed by atoms with Crippen molar-refractivity contribution in [3.63, 3.8) is 0 Å². The zero-order chi connectivity index (χ0) is 12.9. The first-order valence-electron chi connectivity index (χ1n) is 6.44. The molecule has 0 fully saturated rings. The molecule has 0 aliphatic carbocycles. The van der Waals surface area contributed by atoms with Crippen molar-refractivity contribution in [3.05, 3.63) is 24.0 Å². The highest BCUT2D eigenvalue weighted by Crippen LogP contribution is 2.15. The highest BCUT2D eigenvalue weighted by Gasteiger charge is 2.19. The lowest BCUT2D eigenvalue weighted by Crippen LogP contribution is -2.38. The number of nitrogens with zero attached hydrogens (tertiary/aromatic N) is 1. The standard InChI is InChI=1S/C14H26N2O/c1-12(2)7-8-14(3,17)11-15-10-13-6-5-9-16(13)4/h5-6,9,12,15,17H,7-8,10-11H2,1-4H3. The zero-order valence-electron chi connectivity index (χ0n) is 11.5. The molecule has 0 saturated heterocycles. The summed E-state index contributed by atoms with van der Waals surface area (Å²) in [5.74, 6) is 0.648. The maximum atomic E-state index is 10.2. The number of aryl methyl sites for hydroxylation is 1. The number of aliphatic hydroxyl groups is 1. The molecule has 1 heterocycles. The molecular weight excluding hydrogens is 212 g/mol. The van der Waals surface area contributed by atoms with Gasteiger partial charge in [-0.1, -0.05) is 13.8 Å². The number of aromatic nitrogens is 1. The molecule has 0 aromatic carbocycles. The SMILES string of the molecule is CC(C)CCC(C)(O)CNCc1cccn1C. The Labute approximate surface area is 105 Å². The molecule has 3 nitrogen and oxygen atoms in total. The summed E-state index contributed by atoms with van der Waals surface area (Å²) >= 11 is 0. The van der Waals surface area contributed by atoms with Crippen molar-refractivity contribution >= 4 is 0 Å². The van der Waals surface area contributed by atoms with Gasteiger partial charge in [-0.05, 0) is 37.8 Å². The van der Waals surface area contributed by atoms with Crippen LogP contribution in [0, 0.1) is 5.92 Å². The van der Waals surface area contributed by atoms with Gasteiger partial charge < -0.3 is 15.0 Å². The van der Waals surface area contributed by atoms with E-state index in [1.807, 2.05) is 26.2 Å². The molecule has 3 heteroatoms. The van der Waals surface area contributed by atoms with E-state index in [0.29, 0.717) is 12.5 Å². The summed E-state index contributed by atoms with van der Waals surface area (Å²) < 4.78 is 2.09.